The van der Waals surface area contributed by atoms with Crippen LogP contribution < -0.4 is 23.8 Å². The molecule has 4 bridgehead atoms. The van der Waals surface area contributed by atoms with Gasteiger partial charge in [0, 0.05) is 87.0 Å². The molecule has 6 aromatic rings. The molecule has 0 radical (unpaired) electrons. The lowest BCUT2D eigenvalue weighted by atomic mass is 9.62. The van der Waals surface area contributed by atoms with Crippen LogP contribution in [0, 0.1) is 25.1 Å². The van der Waals surface area contributed by atoms with Crippen molar-refractivity contribution < 1.29 is 37.6 Å². The van der Waals surface area contributed by atoms with Gasteiger partial charge < -0.3 is 38.2 Å². The predicted octanol–water partition coefficient (Wildman–Crippen LogP) is 9.79. The Morgan fingerprint density at radius 2 is 1.68 bits per heavy atom. The summed E-state index contributed by atoms with van der Waals surface area (Å²) in [5, 5.41) is 1.17. The van der Waals surface area contributed by atoms with Gasteiger partial charge in [0.15, 0.2) is 5.75 Å². The molecule has 374 valence electrons. The maximum atomic E-state index is 14.6. The van der Waals surface area contributed by atoms with Gasteiger partial charge in [-0.05, 0) is 113 Å². The molecule has 7 heterocycles. The number of hydrogen-bond donors (Lipinski definition) is 0. The zero-order valence-electron chi connectivity index (χ0n) is 41.0. The molecule has 1 saturated carbocycles. The third kappa shape index (κ3) is 10.3. The average molecular weight is 1030 g/mol. The van der Waals surface area contributed by atoms with Crippen LogP contribution in [0.25, 0.3) is 31.8 Å². The number of benzene rings is 3. The number of aromatic nitrogens is 4. The van der Waals surface area contributed by atoms with Gasteiger partial charge in [-0.15, -0.1) is 11.3 Å². The number of piperazine rings is 1. The SMILES string of the molecule is COC1CC2(C1)CN(c1nccc(COc3ccc4cc3C[C@H](C(=O)OC(C)(C)C)Oc3ncnc5sc(-c6ccc(F)cc6)c(c35)-c3c(C)c(Cl)c(c(Cl)c3C)O[C@H](CN3CCN(C)CC3)CO4)n1)C2. The van der Waals surface area contributed by atoms with Gasteiger partial charge in [-0.3, -0.25) is 4.90 Å². The lowest BCUT2D eigenvalue weighted by Crippen LogP contribution is -2.64. The minimum absolute atomic E-state index is 0.00414. The molecule has 71 heavy (non-hydrogen) atoms. The van der Waals surface area contributed by atoms with E-state index in [1.54, 1.807) is 25.4 Å². The zero-order valence-corrected chi connectivity index (χ0v) is 43.3. The highest BCUT2D eigenvalue weighted by atomic mass is 35.5. The molecule has 2 atom stereocenters. The highest BCUT2D eigenvalue weighted by Crippen LogP contribution is 2.53. The third-order valence-electron chi connectivity index (χ3n) is 13.8. The second-order valence-corrected chi connectivity index (χ2v) is 22.0. The fourth-order valence-electron chi connectivity index (χ4n) is 10.1. The van der Waals surface area contributed by atoms with Gasteiger partial charge >= 0.3 is 5.97 Å². The number of hydrogen-bond acceptors (Lipinski definition) is 15. The molecular weight excluding hydrogens is 969 g/mol. The monoisotopic (exact) mass is 1030 g/mol. The van der Waals surface area contributed by atoms with E-state index in [1.165, 1.54) is 29.8 Å². The number of halogens is 3. The van der Waals surface area contributed by atoms with Gasteiger partial charge in [-0.1, -0.05) is 35.3 Å². The van der Waals surface area contributed by atoms with Crippen molar-refractivity contribution in [1.29, 1.82) is 0 Å². The first kappa shape index (κ1) is 49.2. The van der Waals surface area contributed by atoms with E-state index >= 15 is 0 Å². The summed E-state index contributed by atoms with van der Waals surface area (Å²) in [5.41, 5.74) is 4.18. The Bertz CT molecular complexity index is 2920. The average Bonchev–Trinajstić information content (AvgIpc) is 3.70. The number of anilines is 1. The molecule has 18 heteroatoms. The van der Waals surface area contributed by atoms with Crippen molar-refractivity contribution in [2.45, 2.75) is 84.4 Å². The fourth-order valence-corrected chi connectivity index (χ4v) is 11.7. The Hall–Kier alpha value is -5.36. The second-order valence-electron chi connectivity index (χ2n) is 20.3. The van der Waals surface area contributed by atoms with Crippen LogP contribution in [0.15, 0.2) is 61.1 Å². The van der Waals surface area contributed by atoms with Crippen LogP contribution in [-0.4, -0.2) is 126 Å². The van der Waals surface area contributed by atoms with Crippen molar-refractivity contribution in [3.05, 3.63) is 99.3 Å². The summed E-state index contributed by atoms with van der Waals surface area (Å²) in [6.07, 6.45) is 3.81. The molecule has 3 fully saturated rings. The van der Waals surface area contributed by atoms with Crippen molar-refractivity contribution in [2.24, 2.45) is 5.41 Å². The van der Waals surface area contributed by atoms with Crippen LogP contribution in [0.5, 0.6) is 23.1 Å². The molecule has 3 aromatic heterocycles. The third-order valence-corrected chi connectivity index (χ3v) is 15.9. The topological polar surface area (TPSA) is 134 Å². The van der Waals surface area contributed by atoms with Crippen LogP contribution in [0.4, 0.5) is 10.3 Å². The first-order valence-corrected chi connectivity index (χ1v) is 25.6. The van der Waals surface area contributed by atoms with E-state index in [4.69, 9.17) is 66.6 Å². The van der Waals surface area contributed by atoms with Gasteiger partial charge in [0.1, 0.15) is 53.4 Å². The number of thiophene rings is 1. The summed E-state index contributed by atoms with van der Waals surface area (Å²) >= 11 is 16.2. The number of esters is 1. The van der Waals surface area contributed by atoms with E-state index in [1.807, 2.05) is 58.9 Å². The van der Waals surface area contributed by atoms with Crippen molar-refractivity contribution >= 4 is 56.7 Å². The van der Waals surface area contributed by atoms with Crippen molar-refractivity contribution in [1.82, 2.24) is 29.7 Å². The van der Waals surface area contributed by atoms with E-state index < -0.39 is 23.8 Å². The zero-order chi connectivity index (χ0) is 49.8. The Balaban J connectivity index is 1.07. The molecule has 0 amide bonds. The number of carbonyl (C=O) groups is 1. The van der Waals surface area contributed by atoms with E-state index in [0.29, 0.717) is 89.6 Å². The minimum atomic E-state index is -1.25. The van der Waals surface area contributed by atoms with Gasteiger partial charge in [-0.25, -0.2) is 29.1 Å². The number of fused-ring (bicyclic) bond motifs is 7. The molecule has 1 spiro atoms. The standard InChI is InChI=1S/C53H58Cl2FN7O7S/c1-30-41-31(2)45(55)46(44(30)54)68-38(24-62-18-16-61(6)17-19-62)26-66-36-12-13-39(67-25-35-14-15-57-51(60-35)63-27-53(28-63)22-37(23-53)65-7)33(20-36)21-40(50(64)70-52(3,4)5)69-48-43-42(41)47(71-49(43)59-29-58-48)32-8-10-34(56)11-9-32/h8-15,20,29,37-38,40H,16-19,21-28H2,1-7H3/t38-,40-/m1/s1. The Labute approximate surface area is 427 Å². The maximum Gasteiger partial charge on any atom is 0.348 e. The van der Waals surface area contributed by atoms with Gasteiger partial charge in [0.05, 0.1) is 27.2 Å². The molecule has 2 saturated heterocycles. The van der Waals surface area contributed by atoms with Gasteiger partial charge in [0.2, 0.25) is 17.9 Å². The maximum absolute atomic E-state index is 14.6. The van der Waals surface area contributed by atoms with E-state index in [-0.39, 0.29) is 36.7 Å². The first-order chi connectivity index (χ1) is 34.0. The van der Waals surface area contributed by atoms with Crippen LogP contribution in [0.3, 0.4) is 0 Å². The lowest BCUT2D eigenvalue weighted by molar-refractivity contribution is -0.163. The number of nitrogens with zero attached hydrogens (tertiary/aromatic N) is 7. The van der Waals surface area contributed by atoms with Crippen molar-refractivity contribution in [3.8, 4) is 44.7 Å². The number of rotatable bonds is 9. The lowest BCUT2D eigenvalue weighted by Gasteiger charge is -2.58. The molecule has 11 rings (SSSR count). The summed E-state index contributed by atoms with van der Waals surface area (Å²) in [7, 11) is 3.89. The number of likely N-dealkylation sites (N-methyl/N-ethyl adjacent to an activating group) is 1. The van der Waals surface area contributed by atoms with E-state index in [2.05, 4.69) is 26.7 Å². The predicted molar refractivity (Wildman–Crippen MR) is 273 cm³/mol. The number of ether oxygens (including phenoxy) is 6. The largest absolute Gasteiger partial charge is 0.490 e. The quantitative estimate of drug-likeness (QED) is 0.127. The Morgan fingerprint density at radius 1 is 0.944 bits per heavy atom. The summed E-state index contributed by atoms with van der Waals surface area (Å²) in [6.45, 7) is 15.4. The summed E-state index contributed by atoms with van der Waals surface area (Å²) in [4.78, 5) is 41.7. The summed E-state index contributed by atoms with van der Waals surface area (Å²) in [6, 6.07) is 13.6. The minimum Gasteiger partial charge on any atom is -0.490 e. The van der Waals surface area contributed by atoms with Crippen LogP contribution >= 0.6 is 34.5 Å². The highest BCUT2D eigenvalue weighted by Gasteiger charge is 2.53. The smallest absolute Gasteiger partial charge is 0.348 e. The molecule has 0 unspecified atom stereocenters. The molecule has 1 aliphatic carbocycles. The van der Waals surface area contributed by atoms with Gasteiger partial charge in [-0.2, -0.15) is 0 Å². The molecular formula is C53H58Cl2FN7O7S. The highest BCUT2D eigenvalue weighted by molar-refractivity contribution is 7.22. The number of carbonyl (C=O) groups excluding carboxylic acids is 1. The Morgan fingerprint density at radius 3 is 2.38 bits per heavy atom. The Kier molecular flexibility index (Phi) is 13.8. The molecule has 0 N–H and O–H groups in total. The number of methoxy groups -OCH3 is 1. The van der Waals surface area contributed by atoms with Crippen LogP contribution in [0.1, 0.15) is 56.0 Å². The van der Waals surface area contributed by atoms with Crippen LogP contribution in [0.2, 0.25) is 10.0 Å². The summed E-state index contributed by atoms with van der Waals surface area (Å²) < 4.78 is 53.2. The molecule has 3 aromatic carbocycles. The normalized spacial score (nSPS) is 19.6. The van der Waals surface area contributed by atoms with Gasteiger partial charge in [0.25, 0.3) is 0 Å². The van der Waals surface area contributed by atoms with Crippen LogP contribution in [-0.2, 0) is 27.3 Å². The summed E-state index contributed by atoms with van der Waals surface area (Å²) in [5.74, 6) is 1.14. The van der Waals surface area contributed by atoms with Crippen molar-refractivity contribution in [2.75, 3.05) is 71.5 Å². The fraction of sp³-hybridized carbons (Fsp3) is 0.453. The van der Waals surface area contributed by atoms with Crippen molar-refractivity contribution in [3.63, 3.8) is 0 Å². The molecule has 4 aliphatic heterocycles. The molecule has 14 nitrogen and oxygen atoms in total. The first-order valence-electron chi connectivity index (χ1n) is 24.0. The molecule has 5 aliphatic rings. The second kappa shape index (κ2) is 19.9. The van der Waals surface area contributed by atoms with E-state index in [9.17, 15) is 9.18 Å². The van der Waals surface area contributed by atoms with E-state index in [0.717, 1.165) is 62.6 Å².